The van der Waals surface area contributed by atoms with Crippen molar-refractivity contribution in [2.24, 2.45) is 0 Å². The van der Waals surface area contributed by atoms with Crippen LogP contribution in [0, 0.1) is 0 Å². The van der Waals surface area contributed by atoms with Gasteiger partial charge in [0.2, 0.25) is 0 Å². The number of amides is 1. The smallest absolute Gasteiger partial charge is 0.277 e. The van der Waals surface area contributed by atoms with E-state index in [1.54, 1.807) is 35.7 Å². The Bertz CT molecular complexity index is 884. The van der Waals surface area contributed by atoms with Gasteiger partial charge in [0.05, 0.1) is 10.7 Å². The van der Waals surface area contributed by atoms with Gasteiger partial charge >= 0.3 is 0 Å². The van der Waals surface area contributed by atoms with Crippen molar-refractivity contribution >= 4 is 63.4 Å². The van der Waals surface area contributed by atoms with Gasteiger partial charge in [-0.25, -0.2) is 0 Å². The zero-order chi connectivity index (χ0) is 17.6. The van der Waals surface area contributed by atoms with Crippen LogP contribution in [0.5, 0.6) is 0 Å². The lowest BCUT2D eigenvalue weighted by atomic mass is 10.2. The summed E-state index contributed by atoms with van der Waals surface area (Å²) < 4.78 is 3.66. The summed E-state index contributed by atoms with van der Waals surface area (Å²) >= 11 is 12.5. The molecule has 0 unspecified atom stereocenters. The van der Waals surface area contributed by atoms with Crippen LogP contribution in [0.25, 0.3) is 0 Å². The van der Waals surface area contributed by atoms with Gasteiger partial charge in [0.25, 0.3) is 5.91 Å². The molecule has 6 nitrogen and oxygen atoms in total. The Labute approximate surface area is 158 Å². The van der Waals surface area contributed by atoms with Crippen LogP contribution >= 0.6 is 35.4 Å². The quantitative estimate of drug-likeness (QED) is 0.579. The maximum Gasteiger partial charge on any atom is 0.277 e. The third-order valence-electron chi connectivity index (χ3n) is 3.12. The maximum absolute atomic E-state index is 11.9. The molecular formula is C16H12ClN5OS2. The average Bonchev–Trinajstić information content (AvgIpc) is 3.13. The molecule has 0 bridgehead atoms. The largest absolute Gasteiger partial charge is 0.332 e. The summed E-state index contributed by atoms with van der Waals surface area (Å²) in [5.41, 5.74) is 2.44. The van der Waals surface area contributed by atoms with Gasteiger partial charge in [0.1, 0.15) is 0 Å². The number of aromatic nitrogens is 2. The maximum atomic E-state index is 11.9. The molecule has 1 amide bonds. The predicted octanol–water partition coefficient (Wildman–Crippen LogP) is 4.25. The number of carbonyl (C=O) groups excluding carboxylic acids is 1. The lowest BCUT2D eigenvalue weighted by Gasteiger charge is -2.12. The first-order valence-electron chi connectivity index (χ1n) is 7.13. The van der Waals surface area contributed by atoms with E-state index >= 15 is 0 Å². The molecule has 3 aromatic rings. The molecule has 1 heterocycles. The van der Waals surface area contributed by atoms with E-state index in [-0.39, 0.29) is 11.6 Å². The SMILES string of the molecule is O=C(Nc1ccc(NC(=S)Nc2ccccc2Cl)cc1)c1csnn1. The lowest BCUT2D eigenvalue weighted by molar-refractivity contribution is 0.102. The zero-order valence-corrected chi connectivity index (χ0v) is 15.1. The molecule has 9 heteroatoms. The van der Waals surface area contributed by atoms with Crippen LogP contribution in [0.4, 0.5) is 17.1 Å². The molecule has 0 saturated heterocycles. The number of hydrogen-bond donors (Lipinski definition) is 3. The molecule has 0 aliphatic rings. The number of nitrogens with one attached hydrogen (secondary N) is 3. The van der Waals surface area contributed by atoms with Crippen molar-refractivity contribution < 1.29 is 4.79 Å². The van der Waals surface area contributed by atoms with Crippen molar-refractivity contribution in [1.29, 1.82) is 0 Å². The van der Waals surface area contributed by atoms with Gasteiger partial charge in [-0.05, 0) is 60.1 Å². The van der Waals surface area contributed by atoms with E-state index in [1.165, 1.54) is 0 Å². The molecule has 0 aliphatic heterocycles. The summed E-state index contributed by atoms with van der Waals surface area (Å²) in [4.78, 5) is 11.9. The summed E-state index contributed by atoms with van der Waals surface area (Å²) in [7, 11) is 0. The Morgan fingerprint density at radius 1 is 1.00 bits per heavy atom. The Morgan fingerprint density at radius 2 is 1.68 bits per heavy atom. The van der Waals surface area contributed by atoms with Gasteiger partial charge in [-0.15, -0.1) is 5.10 Å². The van der Waals surface area contributed by atoms with Crippen LogP contribution in [-0.2, 0) is 0 Å². The number of anilines is 3. The van der Waals surface area contributed by atoms with Crippen molar-refractivity contribution in [2.45, 2.75) is 0 Å². The summed E-state index contributed by atoms with van der Waals surface area (Å²) in [6.45, 7) is 0. The van der Waals surface area contributed by atoms with Crippen molar-refractivity contribution in [2.75, 3.05) is 16.0 Å². The van der Waals surface area contributed by atoms with Crippen molar-refractivity contribution in [1.82, 2.24) is 9.59 Å². The average molecular weight is 390 g/mol. The number of nitrogens with zero attached hydrogens (tertiary/aromatic N) is 2. The highest BCUT2D eigenvalue weighted by atomic mass is 35.5. The van der Waals surface area contributed by atoms with E-state index in [2.05, 4.69) is 25.5 Å². The highest BCUT2D eigenvalue weighted by molar-refractivity contribution is 7.80. The van der Waals surface area contributed by atoms with Gasteiger partial charge in [0, 0.05) is 16.8 Å². The molecule has 0 spiro atoms. The molecular weight excluding hydrogens is 378 g/mol. The second-order valence-electron chi connectivity index (χ2n) is 4.88. The number of thiocarbonyl (C=S) groups is 1. The van der Waals surface area contributed by atoms with Gasteiger partial charge in [0.15, 0.2) is 10.8 Å². The van der Waals surface area contributed by atoms with E-state index in [1.807, 2.05) is 18.2 Å². The third-order valence-corrected chi connectivity index (χ3v) is 4.15. The number of halogens is 1. The molecule has 3 N–H and O–H groups in total. The second kappa shape index (κ2) is 8.02. The molecule has 126 valence electrons. The highest BCUT2D eigenvalue weighted by Gasteiger charge is 2.09. The minimum atomic E-state index is -0.301. The number of para-hydroxylation sites is 1. The molecule has 0 radical (unpaired) electrons. The molecule has 25 heavy (non-hydrogen) atoms. The van der Waals surface area contributed by atoms with Crippen LogP contribution in [0.3, 0.4) is 0 Å². The summed E-state index contributed by atoms with van der Waals surface area (Å²) in [5.74, 6) is -0.301. The first kappa shape index (κ1) is 17.3. The minimum absolute atomic E-state index is 0.289. The van der Waals surface area contributed by atoms with Crippen LogP contribution in [-0.4, -0.2) is 20.6 Å². The molecule has 0 fully saturated rings. The van der Waals surface area contributed by atoms with Crippen molar-refractivity contribution in [3.8, 4) is 0 Å². The van der Waals surface area contributed by atoms with E-state index in [4.69, 9.17) is 23.8 Å². The van der Waals surface area contributed by atoms with Crippen molar-refractivity contribution in [3.05, 3.63) is 64.6 Å². The Balaban J connectivity index is 1.58. The fraction of sp³-hybridized carbons (Fsp3) is 0. The van der Waals surface area contributed by atoms with Crippen molar-refractivity contribution in [3.63, 3.8) is 0 Å². The fourth-order valence-electron chi connectivity index (χ4n) is 1.94. The van der Waals surface area contributed by atoms with Crippen LogP contribution in [0.2, 0.25) is 5.02 Å². The van der Waals surface area contributed by atoms with E-state index < -0.39 is 0 Å². The van der Waals surface area contributed by atoms with E-state index in [0.29, 0.717) is 15.8 Å². The minimum Gasteiger partial charge on any atom is -0.332 e. The third kappa shape index (κ3) is 4.72. The summed E-state index contributed by atoms with van der Waals surface area (Å²) in [5, 5.41) is 15.1. The number of hydrogen-bond acceptors (Lipinski definition) is 5. The highest BCUT2D eigenvalue weighted by Crippen LogP contribution is 2.21. The molecule has 3 rings (SSSR count). The number of rotatable bonds is 4. The standard InChI is InChI=1S/C16H12ClN5OS2/c17-12-3-1-2-4-13(12)20-16(24)19-11-7-5-10(6-8-11)18-15(23)14-9-25-22-21-14/h1-9H,(H,18,23)(H2,19,20,24). The first-order chi connectivity index (χ1) is 12.1. The molecule has 0 aliphatic carbocycles. The molecule has 1 aromatic heterocycles. The second-order valence-corrected chi connectivity index (χ2v) is 6.31. The Kier molecular flexibility index (Phi) is 5.54. The predicted molar refractivity (Wildman–Crippen MR) is 106 cm³/mol. The topological polar surface area (TPSA) is 78.9 Å². The van der Waals surface area contributed by atoms with Gasteiger partial charge < -0.3 is 16.0 Å². The lowest BCUT2D eigenvalue weighted by Crippen LogP contribution is -2.19. The Morgan fingerprint density at radius 3 is 2.32 bits per heavy atom. The normalized spacial score (nSPS) is 10.1. The zero-order valence-electron chi connectivity index (χ0n) is 12.7. The van der Waals surface area contributed by atoms with Crippen LogP contribution in [0.1, 0.15) is 10.5 Å². The fourth-order valence-corrected chi connectivity index (χ4v) is 2.79. The van der Waals surface area contributed by atoms with Gasteiger partial charge in [-0.2, -0.15) is 0 Å². The summed E-state index contributed by atoms with van der Waals surface area (Å²) in [6, 6.07) is 14.5. The van der Waals surface area contributed by atoms with E-state index in [0.717, 1.165) is 22.9 Å². The van der Waals surface area contributed by atoms with Crippen LogP contribution in [0.15, 0.2) is 53.9 Å². The number of carbonyl (C=O) groups is 1. The van der Waals surface area contributed by atoms with E-state index in [9.17, 15) is 4.79 Å². The van der Waals surface area contributed by atoms with Gasteiger partial charge in [-0.3, -0.25) is 4.79 Å². The molecule has 0 saturated carbocycles. The number of benzene rings is 2. The molecule has 2 aromatic carbocycles. The first-order valence-corrected chi connectivity index (χ1v) is 8.75. The summed E-state index contributed by atoms with van der Waals surface area (Å²) in [6.07, 6.45) is 0. The van der Waals surface area contributed by atoms with Crippen LogP contribution < -0.4 is 16.0 Å². The molecule has 0 atom stereocenters. The van der Waals surface area contributed by atoms with Gasteiger partial charge in [-0.1, -0.05) is 28.2 Å². The monoisotopic (exact) mass is 389 g/mol. The Hall–Kier alpha value is -2.55.